The Hall–Kier alpha value is -3.41. The van der Waals surface area contributed by atoms with E-state index < -0.39 is 0 Å². The van der Waals surface area contributed by atoms with E-state index >= 15 is 0 Å². The largest absolute Gasteiger partial charge is 0.497 e. The molecular weight excluding hydrogens is 446 g/mol. The van der Waals surface area contributed by atoms with Crippen LogP contribution in [-0.4, -0.2) is 68.6 Å². The summed E-state index contributed by atoms with van der Waals surface area (Å²) in [6.07, 6.45) is 0.950. The summed E-state index contributed by atoms with van der Waals surface area (Å²) in [5, 5.41) is 9.01. The number of hydrogen-bond acceptors (Lipinski definition) is 7. The molecule has 0 bridgehead atoms. The van der Waals surface area contributed by atoms with Gasteiger partial charge in [-0.1, -0.05) is 24.3 Å². The molecule has 1 atom stereocenters. The summed E-state index contributed by atoms with van der Waals surface area (Å²) in [4.78, 5) is 27.9. The van der Waals surface area contributed by atoms with Crippen molar-refractivity contribution in [3.8, 4) is 11.8 Å². The first-order valence-corrected chi connectivity index (χ1v) is 11.8. The number of piperazine rings is 1. The average molecular weight is 480 g/mol. The van der Waals surface area contributed by atoms with Gasteiger partial charge in [0, 0.05) is 45.6 Å². The Labute approximate surface area is 207 Å². The predicted octanol–water partition coefficient (Wildman–Crippen LogP) is 3.31. The fraction of sp³-hybridized carbons (Fsp3) is 0.444. The first-order valence-electron chi connectivity index (χ1n) is 11.8. The van der Waals surface area contributed by atoms with E-state index in [1.54, 1.807) is 19.2 Å². The van der Waals surface area contributed by atoms with Crippen LogP contribution in [-0.2, 0) is 25.7 Å². The second kappa shape index (κ2) is 13.5. The molecule has 2 aromatic carbocycles. The third kappa shape index (κ3) is 8.09. The minimum Gasteiger partial charge on any atom is -0.497 e. The first kappa shape index (κ1) is 26.2. The second-order valence-electron chi connectivity index (χ2n) is 8.50. The maximum atomic E-state index is 12.5. The minimum atomic E-state index is -0.285. The highest BCUT2D eigenvalue weighted by Crippen LogP contribution is 2.25. The molecule has 1 fully saturated rings. The van der Waals surface area contributed by atoms with Crippen LogP contribution in [0, 0.1) is 11.3 Å². The van der Waals surface area contributed by atoms with E-state index in [1.165, 1.54) is 7.11 Å². The Balaban J connectivity index is 1.57. The van der Waals surface area contributed by atoms with Crippen LogP contribution < -0.4 is 4.74 Å². The molecule has 0 saturated carbocycles. The third-order valence-corrected chi connectivity index (χ3v) is 6.15. The Morgan fingerprint density at radius 2 is 1.77 bits per heavy atom. The molecule has 186 valence electrons. The van der Waals surface area contributed by atoms with E-state index in [4.69, 9.17) is 14.7 Å². The van der Waals surface area contributed by atoms with Gasteiger partial charge in [-0.15, -0.1) is 0 Å². The standard InChI is InChI=1S/C27H33N3O5/c1-33-24-6-3-5-23(17-24)25(35-20-22-11-9-21(18-28)10-12-22)19-29-13-15-30(16-14-29)26(31)7-4-8-27(32)34-2/h3,5-6,9-12,17,25H,4,7-8,13-16,19-20H2,1-2H3/t25-/m1/s1. The quantitative estimate of drug-likeness (QED) is 0.457. The lowest BCUT2D eigenvalue weighted by Crippen LogP contribution is -2.49. The van der Waals surface area contributed by atoms with Crippen LogP contribution in [0.25, 0.3) is 0 Å². The highest BCUT2D eigenvalue weighted by molar-refractivity contribution is 5.77. The Morgan fingerprint density at radius 1 is 1.03 bits per heavy atom. The number of nitrogens with zero attached hydrogens (tertiary/aromatic N) is 3. The van der Waals surface area contributed by atoms with Gasteiger partial charge in [-0.05, 0) is 41.8 Å². The summed E-state index contributed by atoms with van der Waals surface area (Å²) >= 11 is 0. The number of nitriles is 1. The van der Waals surface area contributed by atoms with Crippen molar-refractivity contribution in [3.63, 3.8) is 0 Å². The molecule has 0 spiro atoms. The van der Waals surface area contributed by atoms with Crippen molar-refractivity contribution < 1.29 is 23.8 Å². The van der Waals surface area contributed by atoms with E-state index in [2.05, 4.69) is 15.7 Å². The lowest BCUT2D eigenvalue weighted by molar-refractivity contribution is -0.141. The van der Waals surface area contributed by atoms with Gasteiger partial charge in [0.2, 0.25) is 5.91 Å². The van der Waals surface area contributed by atoms with Crippen LogP contribution in [0.5, 0.6) is 5.75 Å². The van der Waals surface area contributed by atoms with Gasteiger partial charge in [0.25, 0.3) is 0 Å². The topological polar surface area (TPSA) is 92.1 Å². The first-order chi connectivity index (χ1) is 17.0. The maximum Gasteiger partial charge on any atom is 0.305 e. The molecule has 35 heavy (non-hydrogen) atoms. The van der Waals surface area contributed by atoms with Crippen LogP contribution in [0.1, 0.15) is 42.1 Å². The zero-order valence-electron chi connectivity index (χ0n) is 20.4. The summed E-state index contributed by atoms with van der Waals surface area (Å²) in [5.74, 6) is 0.569. The molecule has 3 rings (SSSR count). The number of carbonyl (C=O) groups excluding carboxylic acids is 2. The highest BCUT2D eigenvalue weighted by atomic mass is 16.5. The fourth-order valence-electron chi connectivity index (χ4n) is 4.03. The lowest BCUT2D eigenvalue weighted by atomic mass is 10.1. The molecule has 1 amide bonds. The highest BCUT2D eigenvalue weighted by Gasteiger charge is 2.24. The van der Waals surface area contributed by atoms with Gasteiger partial charge in [-0.25, -0.2) is 0 Å². The lowest BCUT2D eigenvalue weighted by Gasteiger charge is -2.36. The smallest absolute Gasteiger partial charge is 0.305 e. The molecular formula is C27H33N3O5. The molecule has 0 unspecified atom stereocenters. The second-order valence-corrected chi connectivity index (χ2v) is 8.50. The predicted molar refractivity (Wildman–Crippen MR) is 131 cm³/mol. The van der Waals surface area contributed by atoms with Crippen molar-refractivity contribution in [1.82, 2.24) is 9.80 Å². The maximum absolute atomic E-state index is 12.5. The van der Waals surface area contributed by atoms with Crippen LogP contribution in [0.15, 0.2) is 48.5 Å². The number of carbonyl (C=O) groups is 2. The number of benzene rings is 2. The molecule has 8 nitrogen and oxygen atoms in total. The third-order valence-electron chi connectivity index (χ3n) is 6.15. The van der Waals surface area contributed by atoms with Crippen molar-refractivity contribution in [1.29, 1.82) is 5.26 Å². The van der Waals surface area contributed by atoms with E-state index in [9.17, 15) is 9.59 Å². The minimum absolute atomic E-state index is 0.0787. The van der Waals surface area contributed by atoms with Crippen molar-refractivity contribution in [2.45, 2.75) is 32.0 Å². The number of ether oxygens (including phenoxy) is 3. The zero-order chi connectivity index (χ0) is 25.0. The Bertz CT molecular complexity index is 1010. The molecule has 0 aromatic heterocycles. The Kier molecular flexibility index (Phi) is 10.1. The molecule has 1 heterocycles. The van der Waals surface area contributed by atoms with Crippen molar-refractivity contribution in [2.75, 3.05) is 46.9 Å². The number of amides is 1. The van der Waals surface area contributed by atoms with Crippen molar-refractivity contribution in [2.24, 2.45) is 0 Å². The molecule has 1 saturated heterocycles. The average Bonchev–Trinajstić information content (AvgIpc) is 2.91. The van der Waals surface area contributed by atoms with Gasteiger partial charge < -0.3 is 19.1 Å². The number of hydrogen-bond donors (Lipinski definition) is 0. The SMILES string of the molecule is COC(=O)CCCC(=O)N1CCN(C[C@@H](OCc2ccc(C#N)cc2)c2cccc(OC)c2)CC1. The zero-order valence-corrected chi connectivity index (χ0v) is 20.4. The fourth-order valence-corrected chi connectivity index (χ4v) is 4.03. The van der Waals surface area contributed by atoms with Gasteiger partial charge >= 0.3 is 5.97 Å². The van der Waals surface area contributed by atoms with Gasteiger partial charge in [-0.3, -0.25) is 14.5 Å². The normalized spacial score (nSPS) is 14.7. The monoisotopic (exact) mass is 479 g/mol. The van der Waals surface area contributed by atoms with Crippen LogP contribution >= 0.6 is 0 Å². The van der Waals surface area contributed by atoms with E-state index in [-0.39, 0.29) is 24.4 Å². The summed E-state index contributed by atoms with van der Waals surface area (Å²) in [7, 11) is 3.00. The van der Waals surface area contributed by atoms with Gasteiger partial charge in [0.15, 0.2) is 0 Å². The molecule has 0 radical (unpaired) electrons. The molecule has 1 aliphatic rings. The van der Waals surface area contributed by atoms with Gasteiger partial charge in [0.05, 0.1) is 38.6 Å². The van der Waals surface area contributed by atoms with E-state index in [0.29, 0.717) is 44.6 Å². The molecule has 2 aromatic rings. The van der Waals surface area contributed by atoms with Crippen molar-refractivity contribution in [3.05, 3.63) is 65.2 Å². The van der Waals surface area contributed by atoms with Crippen molar-refractivity contribution >= 4 is 11.9 Å². The molecule has 0 N–H and O–H groups in total. The number of methoxy groups -OCH3 is 2. The summed E-state index contributed by atoms with van der Waals surface area (Å²) in [6.45, 7) is 3.92. The van der Waals surface area contributed by atoms with Gasteiger partial charge in [0.1, 0.15) is 5.75 Å². The molecule has 0 aliphatic carbocycles. The van der Waals surface area contributed by atoms with Crippen LogP contribution in [0.2, 0.25) is 0 Å². The van der Waals surface area contributed by atoms with E-state index in [0.717, 1.165) is 30.0 Å². The van der Waals surface area contributed by atoms with Gasteiger partial charge in [-0.2, -0.15) is 5.26 Å². The van der Waals surface area contributed by atoms with Crippen LogP contribution in [0.4, 0.5) is 0 Å². The summed E-state index contributed by atoms with van der Waals surface area (Å²) in [5.41, 5.74) is 2.65. The summed E-state index contributed by atoms with van der Waals surface area (Å²) in [6, 6.07) is 17.4. The molecule has 1 aliphatic heterocycles. The summed E-state index contributed by atoms with van der Waals surface area (Å²) < 4.78 is 16.4. The molecule has 8 heteroatoms. The Morgan fingerprint density at radius 3 is 2.43 bits per heavy atom. The van der Waals surface area contributed by atoms with Crippen LogP contribution in [0.3, 0.4) is 0 Å². The van der Waals surface area contributed by atoms with E-state index in [1.807, 2.05) is 41.3 Å². The number of esters is 1. The number of rotatable bonds is 11.